The van der Waals surface area contributed by atoms with E-state index in [2.05, 4.69) is 33.7 Å². The fraction of sp³-hybridized carbons (Fsp3) is 0.636. The topological polar surface area (TPSA) is 0 Å². The van der Waals surface area contributed by atoms with Gasteiger partial charge in [0, 0.05) is 0 Å². The van der Waals surface area contributed by atoms with Crippen molar-refractivity contribution in [3.63, 3.8) is 0 Å². The predicted octanol–water partition coefficient (Wildman–Crippen LogP) is 4.38. The minimum Gasteiger partial charge on any atom is -0.0985 e. The van der Waals surface area contributed by atoms with Gasteiger partial charge in [0.15, 0.2) is 0 Å². The largest absolute Gasteiger partial charge is 0.0985 e. The molecule has 0 N–H and O–H groups in total. The van der Waals surface area contributed by atoms with Crippen molar-refractivity contribution in [1.29, 1.82) is 0 Å². The first-order valence-corrected chi connectivity index (χ1v) is 6.57. The molecule has 2 atom stereocenters. The molecule has 0 saturated heterocycles. The second-order valence-corrected chi connectivity index (χ2v) is 5.68. The van der Waals surface area contributed by atoms with E-state index in [1.807, 2.05) is 6.08 Å². The van der Waals surface area contributed by atoms with Crippen LogP contribution in [0.5, 0.6) is 0 Å². The maximum absolute atomic E-state index is 4.03. The zero-order chi connectivity index (χ0) is 9.56. The van der Waals surface area contributed by atoms with Crippen LogP contribution in [0.1, 0.15) is 33.1 Å². The summed E-state index contributed by atoms with van der Waals surface area (Å²) in [6, 6.07) is 0. The van der Waals surface area contributed by atoms with Crippen LogP contribution in [0.3, 0.4) is 0 Å². The standard InChI is InChI=1S/C11H21P/c1-6-9-11(8-3)12(5)10(4)7-2/h7,11H,2,4,6,8-9H2,1,3,5H3. The zero-order valence-electron chi connectivity index (χ0n) is 8.64. The van der Waals surface area contributed by atoms with Gasteiger partial charge in [0.1, 0.15) is 0 Å². The number of rotatable bonds is 6. The summed E-state index contributed by atoms with van der Waals surface area (Å²) in [7, 11) is -0.0238. The van der Waals surface area contributed by atoms with E-state index in [0.29, 0.717) is 0 Å². The van der Waals surface area contributed by atoms with E-state index in [1.54, 1.807) is 0 Å². The zero-order valence-corrected chi connectivity index (χ0v) is 9.53. The molecule has 0 aromatic carbocycles. The third-order valence-corrected chi connectivity index (χ3v) is 5.14. The Morgan fingerprint density at radius 1 is 1.50 bits per heavy atom. The van der Waals surface area contributed by atoms with Crippen LogP contribution in [0.15, 0.2) is 24.5 Å². The van der Waals surface area contributed by atoms with Crippen molar-refractivity contribution in [3.8, 4) is 0 Å². The van der Waals surface area contributed by atoms with Crippen molar-refractivity contribution in [2.75, 3.05) is 6.66 Å². The molecule has 0 amide bonds. The first kappa shape index (κ1) is 11.9. The van der Waals surface area contributed by atoms with Crippen LogP contribution in [-0.4, -0.2) is 12.3 Å². The van der Waals surface area contributed by atoms with Crippen molar-refractivity contribution in [2.24, 2.45) is 0 Å². The van der Waals surface area contributed by atoms with E-state index in [1.165, 1.54) is 24.6 Å². The van der Waals surface area contributed by atoms with E-state index in [9.17, 15) is 0 Å². The van der Waals surface area contributed by atoms with Crippen LogP contribution in [0.2, 0.25) is 0 Å². The van der Waals surface area contributed by atoms with Gasteiger partial charge in [0.2, 0.25) is 0 Å². The Morgan fingerprint density at radius 2 is 2.08 bits per heavy atom. The highest BCUT2D eigenvalue weighted by Gasteiger charge is 2.14. The lowest BCUT2D eigenvalue weighted by atomic mass is 10.2. The first-order valence-electron chi connectivity index (χ1n) is 4.71. The van der Waals surface area contributed by atoms with Gasteiger partial charge in [-0.3, -0.25) is 0 Å². The average molecular weight is 184 g/mol. The Bertz CT molecular complexity index is 149. The van der Waals surface area contributed by atoms with E-state index < -0.39 is 0 Å². The first-order chi connectivity index (χ1) is 5.67. The molecule has 70 valence electrons. The Kier molecular flexibility index (Phi) is 6.38. The van der Waals surface area contributed by atoms with Gasteiger partial charge in [-0.05, 0) is 30.5 Å². The maximum atomic E-state index is 4.03. The van der Waals surface area contributed by atoms with Crippen LogP contribution < -0.4 is 0 Å². The molecule has 0 heterocycles. The smallest absolute Gasteiger partial charge is 0.0174 e. The molecule has 0 rings (SSSR count). The number of hydrogen-bond acceptors (Lipinski definition) is 0. The van der Waals surface area contributed by atoms with Crippen molar-refractivity contribution in [2.45, 2.75) is 38.8 Å². The second kappa shape index (κ2) is 6.43. The van der Waals surface area contributed by atoms with Crippen LogP contribution >= 0.6 is 7.92 Å². The van der Waals surface area contributed by atoms with Gasteiger partial charge in [0.05, 0.1) is 0 Å². The quantitative estimate of drug-likeness (QED) is 0.424. The van der Waals surface area contributed by atoms with Crippen molar-refractivity contribution in [1.82, 2.24) is 0 Å². The SMILES string of the molecule is C=CC(=C)P(C)C(CC)CCC. The van der Waals surface area contributed by atoms with Gasteiger partial charge in [-0.2, -0.15) is 0 Å². The third-order valence-electron chi connectivity index (χ3n) is 2.33. The highest BCUT2D eigenvalue weighted by molar-refractivity contribution is 7.62. The minimum absolute atomic E-state index is 0.0238. The lowest BCUT2D eigenvalue weighted by molar-refractivity contribution is 0.712. The van der Waals surface area contributed by atoms with E-state index in [0.717, 1.165) is 5.66 Å². The molecule has 0 aliphatic heterocycles. The molecule has 0 saturated carbocycles. The minimum atomic E-state index is -0.0238. The van der Waals surface area contributed by atoms with Gasteiger partial charge in [-0.15, -0.1) is 0 Å². The molecule has 0 bridgehead atoms. The highest BCUT2D eigenvalue weighted by atomic mass is 31.1. The van der Waals surface area contributed by atoms with Gasteiger partial charge in [-0.25, -0.2) is 0 Å². The Balaban J connectivity index is 4.09. The van der Waals surface area contributed by atoms with Gasteiger partial charge in [-0.1, -0.05) is 47.4 Å². The molecule has 0 spiro atoms. The van der Waals surface area contributed by atoms with Crippen molar-refractivity contribution in [3.05, 3.63) is 24.5 Å². The van der Waals surface area contributed by atoms with Crippen molar-refractivity contribution >= 4 is 7.92 Å². The molecule has 0 aromatic heterocycles. The molecule has 0 aromatic rings. The van der Waals surface area contributed by atoms with Gasteiger partial charge >= 0.3 is 0 Å². The number of hydrogen-bond donors (Lipinski definition) is 0. The summed E-state index contributed by atoms with van der Waals surface area (Å²) in [5, 5.41) is 1.25. The summed E-state index contributed by atoms with van der Waals surface area (Å²) in [5.41, 5.74) is 0.857. The van der Waals surface area contributed by atoms with Crippen LogP contribution in [0, 0.1) is 0 Å². The monoisotopic (exact) mass is 184 g/mol. The Morgan fingerprint density at radius 3 is 2.42 bits per heavy atom. The lowest BCUT2D eigenvalue weighted by Crippen LogP contribution is -2.03. The van der Waals surface area contributed by atoms with E-state index in [-0.39, 0.29) is 7.92 Å². The van der Waals surface area contributed by atoms with Crippen LogP contribution in [0.4, 0.5) is 0 Å². The summed E-state index contributed by atoms with van der Waals surface area (Å²) in [5.74, 6) is 0. The second-order valence-electron chi connectivity index (χ2n) is 3.16. The molecule has 0 aliphatic rings. The summed E-state index contributed by atoms with van der Waals surface area (Å²) < 4.78 is 0. The van der Waals surface area contributed by atoms with E-state index in [4.69, 9.17) is 0 Å². The maximum Gasteiger partial charge on any atom is -0.0174 e. The summed E-state index contributed by atoms with van der Waals surface area (Å²) in [6.07, 6.45) is 5.83. The summed E-state index contributed by atoms with van der Waals surface area (Å²) in [6.45, 7) is 14.7. The molecule has 2 unspecified atom stereocenters. The summed E-state index contributed by atoms with van der Waals surface area (Å²) >= 11 is 0. The molecular weight excluding hydrogens is 163 g/mol. The van der Waals surface area contributed by atoms with Gasteiger partial charge < -0.3 is 0 Å². The fourth-order valence-corrected chi connectivity index (χ4v) is 3.33. The van der Waals surface area contributed by atoms with Crippen LogP contribution in [-0.2, 0) is 0 Å². The molecule has 12 heavy (non-hydrogen) atoms. The Labute approximate surface area is 78.5 Å². The van der Waals surface area contributed by atoms with Crippen molar-refractivity contribution < 1.29 is 0 Å². The molecule has 0 fully saturated rings. The third kappa shape index (κ3) is 3.54. The molecule has 1 heteroatoms. The average Bonchev–Trinajstić information content (AvgIpc) is 2.11. The predicted molar refractivity (Wildman–Crippen MR) is 61.2 cm³/mol. The molecule has 0 radical (unpaired) electrons. The Hall–Kier alpha value is -0.0900. The van der Waals surface area contributed by atoms with Gasteiger partial charge in [0.25, 0.3) is 0 Å². The fourth-order valence-electron chi connectivity index (χ4n) is 1.38. The van der Waals surface area contributed by atoms with E-state index >= 15 is 0 Å². The number of allylic oxidation sites excluding steroid dienone is 2. The normalized spacial score (nSPS) is 15.2. The molecule has 0 aliphatic carbocycles. The molecule has 0 nitrogen and oxygen atoms in total. The lowest BCUT2D eigenvalue weighted by Gasteiger charge is -2.23. The van der Waals surface area contributed by atoms with Crippen LogP contribution in [0.25, 0.3) is 0 Å². The highest BCUT2D eigenvalue weighted by Crippen LogP contribution is 2.48. The molecular formula is C11H21P. The summed E-state index contributed by atoms with van der Waals surface area (Å²) in [4.78, 5) is 0.